The minimum Gasteiger partial charge on any atom is -0.145 e. The van der Waals surface area contributed by atoms with Crippen LogP contribution in [0.25, 0.3) is 0 Å². The maximum absolute atomic E-state index is 5.72. The summed E-state index contributed by atoms with van der Waals surface area (Å²) >= 11 is 12.8. The van der Waals surface area contributed by atoms with Crippen molar-refractivity contribution < 1.29 is 0 Å². The molecule has 142 valence electrons. The van der Waals surface area contributed by atoms with Crippen LogP contribution < -0.4 is 0 Å². The van der Waals surface area contributed by atoms with E-state index < -0.39 is 0 Å². The molecule has 0 nitrogen and oxygen atoms in total. The molecule has 0 spiro atoms. The smallest absolute Gasteiger partial charge is 0.0703 e. The van der Waals surface area contributed by atoms with E-state index in [0.29, 0.717) is 0 Å². The third kappa shape index (κ3) is 7.96. The van der Waals surface area contributed by atoms with E-state index in [0.717, 1.165) is 5.02 Å². The summed E-state index contributed by atoms with van der Waals surface area (Å²) in [6.07, 6.45) is 1.18. The summed E-state index contributed by atoms with van der Waals surface area (Å²) in [4.78, 5) is 4.37. The van der Waals surface area contributed by atoms with Crippen LogP contribution in [0, 0.1) is 41.5 Å². The van der Waals surface area contributed by atoms with Gasteiger partial charge in [-0.2, -0.15) is 0 Å². The lowest BCUT2D eigenvalue weighted by molar-refractivity contribution is 1.18. The molecular weight excluding hydrogens is 444 g/mol. The topological polar surface area (TPSA) is 0 Å². The fourth-order valence-corrected chi connectivity index (χ4v) is 5.10. The van der Waals surface area contributed by atoms with Crippen molar-refractivity contribution in [2.75, 3.05) is 0 Å². The van der Waals surface area contributed by atoms with Gasteiger partial charge in [0.25, 0.3) is 0 Å². The van der Waals surface area contributed by atoms with E-state index in [1.54, 1.807) is 11.3 Å². The zero-order chi connectivity index (χ0) is 19.9. The molecule has 2 aromatic heterocycles. The van der Waals surface area contributed by atoms with Crippen molar-refractivity contribution in [3.63, 3.8) is 0 Å². The quantitative estimate of drug-likeness (QED) is 0.332. The van der Waals surface area contributed by atoms with E-state index in [1.807, 2.05) is 29.5 Å². The highest BCUT2D eigenvalue weighted by atomic mass is 79.9. The Kier molecular flexibility index (Phi) is 10.2. The minimum absolute atomic E-state index is 0.818. The summed E-state index contributed by atoms with van der Waals surface area (Å²) in [7, 11) is 0. The van der Waals surface area contributed by atoms with Crippen molar-refractivity contribution in [1.29, 1.82) is 0 Å². The lowest BCUT2D eigenvalue weighted by Gasteiger charge is -1.97. The van der Waals surface area contributed by atoms with Crippen molar-refractivity contribution >= 4 is 50.2 Å². The molecule has 0 unspecified atom stereocenters. The van der Waals surface area contributed by atoms with Crippen molar-refractivity contribution in [2.24, 2.45) is 0 Å². The standard InChI is InChI=1S/C8H9Cl.C8H12S.C6H7BrS/c1-6-3-4-8(9)5-7(6)2;1-4-8-5-6(2)7(3)9-8;1-4-3-6(7)8-5(4)2/h3-5H,1-2H3;5H,4H2,1-3H3;3H,1-2H3. The van der Waals surface area contributed by atoms with Gasteiger partial charge in [-0.3, -0.25) is 0 Å². The Labute approximate surface area is 180 Å². The highest BCUT2D eigenvalue weighted by molar-refractivity contribution is 9.11. The SMILES string of the molecule is CCc1cc(C)c(C)s1.Cc1cc(Br)sc1C.Cc1ccc(Cl)cc1C. The molecule has 4 heteroatoms. The number of aryl methyl sites for hydroxylation is 7. The van der Waals surface area contributed by atoms with E-state index in [2.05, 4.69) is 76.5 Å². The molecule has 0 bridgehead atoms. The average molecular weight is 472 g/mol. The monoisotopic (exact) mass is 470 g/mol. The summed E-state index contributed by atoms with van der Waals surface area (Å²) in [5, 5.41) is 0.818. The van der Waals surface area contributed by atoms with Gasteiger partial charge in [0, 0.05) is 19.7 Å². The van der Waals surface area contributed by atoms with Crippen LogP contribution in [0.4, 0.5) is 0 Å². The molecule has 0 aliphatic carbocycles. The van der Waals surface area contributed by atoms with Gasteiger partial charge in [0.2, 0.25) is 0 Å². The van der Waals surface area contributed by atoms with Crippen LogP contribution in [-0.4, -0.2) is 0 Å². The lowest BCUT2D eigenvalue weighted by Crippen LogP contribution is -1.77. The van der Waals surface area contributed by atoms with Crippen LogP contribution in [0.5, 0.6) is 0 Å². The first-order valence-corrected chi connectivity index (χ1v) is 11.5. The predicted molar refractivity (Wildman–Crippen MR) is 126 cm³/mol. The van der Waals surface area contributed by atoms with Gasteiger partial charge in [0.05, 0.1) is 3.79 Å². The van der Waals surface area contributed by atoms with Gasteiger partial charge in [0.1, 0.15) is 0 Å². The van der Waals surface area contributed by atoms with Gasteiger partial charge < -0.3 is 0 Å². The second kappa shape index (κ2) is 11.3. The fraction of sp³-hybridized carbons (Fsp3) is 0.364. The average Bonchev–Trinajstić information content (AvgIpc) is 3.05. The molecule has 0 radical (unpaired) electrons. The summed E-state index contributed by atoms with van der Waals surface area (Å²) in [5.74, 6) is 0. The molecular formula is C22H28BrClS2. The first-order valence-electron chi connectivity index (χ1n) is 8.65. The summed E-state index contributed by atoms with van der Waals surface area (Å²) in [6.45, 7) is 14.9. The van der Waals surface area contributed by atoms with Gasteiger partial charge in [-0.1, -0.05) is 24.6 Å². The molecule has 0 fully saturated rings. The van der Waals surface area contributed by atoms with Crippen molar-refractivity contribution in [2.45, 2.75) is 54.9 Å². The van der Waals surface area contributed by atoms with Gasteiger partial charge >= 0.3 is 0 Å². The third-order valence-corrected chi connectivity index (χ3v) is 7.36. The number of hydrogen-bond donors (Lipinski definition) is 0. The maximum Gasteiger partial charge on any atom is 0.0703 e. The van der Waals surface area contributed by atoms with E-state index in [9.17, 15) is 0 Å². The Morgan fingerprint density at radius 2 is 1.35 bits per heavy atom. The van der Waals surface area contributed by atoms with E-state index in [-0.39, 0.29) is 0 Å². The second-order valence-corrected chi connectivity index (χ2v) is 10.7. The van der Waals surface area contributed by atoms with Crippen LogP contribution in [0.1, 0.15) is 43.8 Å². The van der Waals surface area contributed by atoms with Crippen LogP contribution >= 0.6 is 50.2 Å². The minimum atomic E-state index is 0.818. The van der Waals surface area contributed by atoms with Crippen molar-refractivity contribution in [3.8, 4) is 0 Å². The Balaban J connectivity index is 0.000000195. The highest BCUT2D eigenvalue weighted by Crippen LogP contribution is 2.25. The normalized spacial score (nSPS) is 9.88. The number of halogens is 2. The van der Waals surface area contributed by atoms with Gasteiger partial charge in [-0.25, -0.2) is 0 Å². The molecule has 3 rings (SSSR count). The van der Waals surface area contributed by atoms with E-state index >= 15 is 0 Å². The molecule has 0 saturated carbocycles. The van der Waals surface area contributed by atoms with Crippen LogP contribution in [-0.2, 0) is 6.42 Å². The van der Waals surface area contributed by atoms with Crippen molar-refractivity contribution in [1.82, 2.24) is 0 Å². The van der Waals surface area contributed by atoms with Crippen LogP contribution in [0.2, 0.25) is 5.02 Å². The molecule has 0 atom stereocenters. The molecule has 0 aliphatic heterocycles. The number of hydrogen-bond acceptors (Lipinski definition) is 2. The molecule has 0 aliphatic rings. The highest BCUT2D eigenvalue weighted by Gasteiger charge is 1.97. The number of benzene rings is 1. The lowest BCUT2D eigenvalue weighted by atomic mass is 10.1. The first kappa shape index (κ1) is 23.4. The van der Waals surface area contributed by atoms with Gasteiger partial charge in [-0.05, 0) is 110 Å². The summed E-state index contributed by atoms with van der Waals surface area (Å²) in [5.41, 5.74) is 5.36. The van der Waals surface area contributed by atoms with Gasteiger partial charge in [-0.15, -0.1) is 22.7 Å². The zero-order valence-corrected chi connectivity index (χ0v) is 20.6. The van der Waals surface area contributed by atoms with Crippen LogP contribution in [0.3, 0.4) is 0 Å². The largest absolute Gasteiger partial charge is 0.145 e. The molecule has 2 heterocycles. The number of thiophene rings is 2. The predicted octanol–water partition coefficient (Wildman–Crippen LogP) is 9.01. The molecule has 26 heavy (non-hydrogen) atoms. The molecule has 0 N–H and O–H groups in total. The number of rotatable bonds is 1. The second-order valence-electron chi connectivity index (χ2n) is 6.32. The van der Waals surface area contributed by atoms with Crippen LogP contribution in [0.15, 0.2) is 34.1 Å². The molecule has 0 amide bonds. The van der Waals surface area contributed by atoms with Crippen molar-refractivity contribution in [3.05, 3.63) is 76.0 Å². The maximum atomic E-state index is 5.72. The first-order chi connectivity index (χ1) is 12.1. The fourth-order valence-electron chi connectivity index (χ4n) is 2.06. The Hall–Kier alpha value is -0.610. The Morgan fingerprint density at radius 1 is 0.769 bits per heavy atom. The Morgan fingerprint density at radius 3 is 1.62 bits per heavy atom. The summed E-state index contributed by atoms with van der Waals surface area (Å²) < 4.78 is 1.23. The van der Waals surface area contributed by atoms with E-state index in [1.165, 1.54) is 47.1 Å². The third-order valence-electron chi connectivity index (χ3n) is 4.17. The van der Waals surface area contributed by atoms with E-state index in [4.69, 9.17) is 11.6 Å². The summed E-state index contributed by atoms with van der Waals surface area (Å²) in [6, 6.07) is 10.3. The van der Waals surface area contributed by atoms with Gasteiger partial charge in [0.15, 0.2) is 0 Å². The molecule has 0 saturated heterocycles. The molecule has 3 aromatic rings. The zero-order valence-electron chi connectivity index (χ0n) is 16.7. The Bertz CT molecular complexity index is 792. The molecule has 1 aromatic carbocycles.